The second kappa shape index (κ2) is 6.00. The maximum Gasteiger partial charge on any atom is 0.252 e. The summed E-state index contributed by atoms with van der Waals surface area (Å²) >= 11 is 3.48. The summed E-state index contributed by atoms with van der Waals surface area (Å²) in [6.45, 7) is 4.39. The van der Waals surface area contributed by atoms with E-state index in [4.69, 9.17) is 0 Å². The van der Waals surface area contributed by atoms with Crippen LogP contribution >= 0.6 is 15.9 Å². The number of halogens is 1. The van der Waals surface area contributed by atoms with Gasteiger partial charge in [-0.25, -0.2) is 0 Å². The molecule has 0 saturated carbocycles. The molecule has 1 aliphatic rings. The normalized spacial score (nSPS) is 13.0. The minimum absolute atomic E-state index is 0.0517. The van der Waals surface area contributed by atoms with Crippen molar-refractivity contribution in [3.63, 3.8) is 0 Å². The first-order chi connectivity index (χ1) is 10.1. The molecule has 0 bridgehead atoms. The zero-order chi connectivity index (χ0) is 14.8. The largest absolute Gasteiger partial charge is 0.348 e. The van der Waals surface area contributed by atoms with E-state index in [0.29, 0.717) is 12.1 Å². The third-order valence-electron chi connectivity index (χ3n) is 3.79. The van der Waals surface area contributed by atoms with Crippen LogP contribution in [0.5, 0.6) is 0 Å². The summed E-state index contributed by atoms with van der Waals surface area (Å²) in [5, 5.41) is 6.31. The number of fused-ring (bicyclic) bond motifs is 1. The van der Waals surface area contributed by atoms with Gasteiger partial charge in [-0.2, -0.15) is 0 Å². The van der Waals surface area contributed by atoms with Crippen LogP contribution in [0, 0.1) is 6.92 Å². The minimum atomic E-state index is -0.0517. The third kappa shape index (κ3) is 3.01. The molecule has 2 N–H and O–H groups in total. The van der Waals surface area contributed by atoms with Gasteiger partial charge < -0.3 is 10.6 Å². The van der Waals surface area contributed by atoms with E-state index in [2.05, 4.69) is 44.8 Å². The van der Waals surface area contributed by atoms with Crippen LogP contribution in [0.4, 0.5) is 0 Å². The van der Waals surface area contributed by atoms with Crippen LogP contribution in [0.15, 0.2) is 40.9 Å². The number of aryl methyl sites for hydroxylation is 1. The van der Waals surface area contributed by atoms with E-state index >= 15 is 0 Å². The van der Waals surface area contributed by atoms with E-state index < -0.39 is 0 Å². The number of amides is 1. The highest BCUT2D eigenvalue weighted by Gasteiger charge is 2.13. The third-order valence-corrected chi connectivity index (χ3v) is 4.84. The van der Waals surface area contributed by atoms with Crippen LogP contribution in [0.1, 0.15) is 32.6 Å². The molecule has 21 heavy (non-hydrogen) atoms. The predicted octanol–water partition coefficient (Wildman–Crippen LogP) is 3.29. The highest BCUT2D eigenvalue weighted by molar-refractivity contribution is 9.10. The zero-order valence-corrected chi connectivity index (χ0v) is 13.5. The maximum absolute atomic E-state index is 12.3. The van der Waals surface area contributed by atoms with Crippen molar-refractivity contribution in [2.24, 2.45) is 0 Å². The molecule has 2 aromatic rings. The van der Waals surface area contributed by atoms with Gasteiger partial charge in [0.2, 0.25) is 0 Å². The number of carbonyl (C=O) groups is 1. The van der Waals surface area contributed by atoms with Crippen LogP contribution in [0.25, 0.3) is 0 Å². The van der Waals surface area contributed by atoms with E-state index in [1.54, 1.807) is 0 Å². The molecule has 0 radical (unpaired) electrons. The Balaban J connectivity index is 1.70. The number of hydrogen-bond donors (Lipinski definition) is 2. The van der Waals surface area contributed by atoms with Crippen molar-refractivity contribution < 1.29 is 4.79 Å². The predicted molar refractivity (Wildman–Crippen MR) is 87.0 cm³/mol. The van der Waals surface area contributed by atoms with Gasteiger partial charge in [-0.05, 0) is 51.2 Å². The van der Waals surface area contributed by atoms with Gasteiger partial charge in [-0.1, -0.05) is 30.3 Å². The first-order valence-corrected chi connectivity index (χ1v) is 7.79. The number of hydrogen-bond acceptors (Lipinski definition) is 2. The maximum atomic E-state index is 12.3. The first-order valence-electron chi connectivity index (χ1n) is 7.00. The van der Waals surface area contributed by atoms with Gasteiger partial charge in [0.05, 0.1) is 5.56 Å². The summed E-state index contributed by atoms with van der Waals surface area (Å²) in [6, 6.07) is 12.1. The SMILES string of the molecule is Cc1cccc(C(=O)NCc2ccc3c(c2)CNC3)c1Br. The first kappa shape index (κ1) is 14.3. The molecule has 1 aliphatic heterocycles. The molecule has 3 rings (SSSR count). The molecule has 4 heteroatoms. The van der Waals surface area contributed by atoms with Crippen molar-refractivity contribution >= 4 is 21.8 Å². The van der Waals surface area contributed by atoms with E-state index in [9.17, 15) is 4.79 Å². The quantitative estimate of drug-likeness (QED) is 0.896. The second-order valence-corrected chi connectivity index (χ2v) is 6.12. The Kier molecular flexibility index (Phi) is 4.08. The Labute approximate surface area is 132 Å². The average Bonchev–Trinajstić information content (AvgIpc) is 2.95. The molecular formula is C17H17BrN2O. The van der Waals surface area contributed by atoms with Gasteiger partial charge in [0.25, 0.3) is 5.91 Å². The number of rotatable bonds is 3. The molecule has 0 saturated heterocycles. The topological polar surface area (TPSA) is 41.1 Å². The van der Waals surface area contributed by atoms with Gasteiger partial charge >= 0.3 is 0 Å². The van der Waals surface area contributed by atoms with Gasteiger partial charge in [-0.15, -0.1) is 0 Å². The van der Waals surface area contributed by atoms with Crippen molar-refractivity contribution in [2.45, 2.75) is 26.6 Å². The Morgan fingerprint density at radius 2 is 2.05 bits per heavy atom. The van der Waals surface area contributed by atoms with Crippen LogP contribution in [-0.2, 0) is 19.6 Å². The molecule has 0 aliphatic carbocycles. The Hall–Kier alpha value is -1.65. The van der Waals surface area contributed by atoms with Crippen LogP contribution in [0.3, 0.4) is 0 Å². The second-order valence-electron chi connectivity index (χ2n) is 5.33. The Morgan fingerprint density at radius 3 is 2.90 bits per heavy atom. The summed E-state index contributed by atoms with van der Waals surface area (Å²) in [4.78, 5) is 12.3. The highest BCUT2D eigenvalue weighted by atomic mass is 79.9. The number of nitrogens with one attached hydrogen (secondary N) is 2. The molecule has 108 valence electrons. The number of carbonyl (C=O) groups excluding carboxylic acids is 1. The van der Waals surface area contributed by atoms with Crippen molar-refractivity contribution in [3.8, 4) is 0 Å². The Bertz CT molecular complexity index is 697. The van der Waals surface area contributed by atoms with Crippen molar-refractivity contribution in [3.05, 3.63) is 68.7 Å². The lowest BCUT2D eigenvalue weighted by atomic mass is 10.1. The fraction of sp³-hybridized carbons (Fsp3) is 0.235. The van der Waals surface area contributed by atoms with Crippen molar-refractivity contribution in [1.29, 1.82) is 0 Å². The molecule has 0 fully saturated rings. The fourth-order valence-corrected chi connectivity index (χ4v) is 3.00. The zero-order valence-electron chi connectivity index (χ0n) is 11.9. The number of benzene rings is 2. The summed E-state index contributed by atoms with van der Waals surface area (Å²) in [5.74, 6) is -0.0517. The van der Waals surface area contributed by atoms with E-state index in [-0.39, 0.29) is 5.91 Å². The van der Waals surface area contributed by atoms with Gasteiger partial charge in [-0.3, -0.25) is 4.79 Å². The van der Waals surface area contributed by atoms with Gasteiger partial charge in [0.1, 0.15) is 0 Å². The summed E-state index contributed by atoms with van der Waals surface area (Å²) in [6.07, 6.45) is 0. The molecular weight excluding hydrogens is 328 g/mol. The molecule has 0 aromatic heterocycles. The van der Waals surface area contributed by atoms with E-state index in [0.717, 1.165) is 28.7 Å². The smallest absolute Gasteiger partial charge is 0.252 e. The lowest BCUT2D eigenvalue weighted by Crippen LogP contribution is -2.23. The molecule has 2 aromatic carbocycles. The van der Waals surface area contributed by atoms with Crippen LogP contribution < -0.4 is 10.6 Å². The molecule has 3 nitrogen and oxygen atoms in total. The monoisotopic (exact) mass is 344 g/mol. The lowest BCUT2D eigenvalue weighted by molar-refractivity contribution is 0.0950. The van der Waals surface area contributed by atoms with Crippen LogP contribution in [0.2, 0.25) is 0 Å². The molecule has 0 atom stereocenters. The highest BCUT2D eigenvalue weighted by Crippen LogP contribution is 2.21. The average molecular weight is 345 g/mol. The van der Waals surface area contributed by atoms with Gasteiger partial charge in [0, 0.05) is 24.1 Å². The lowest BCUT2D eigenvalue weighted by Gasteiger charge is -2.09. The molecule has 1 amide bonds. The van der Waals surface area contributed by atoms with Crippen molar-refractivity contribution in [1.82, 2.24) is 10.6 Å². The van der Waals surface area contributed by atoms with E-state index in [1.807, 2.05) is 25.1 Å². The minimum Gasteiger partial charge on any atom is -0.348 e. The molecule has 0 spiro atoms. The van der Waals surface area contributed by atoms with Crippen LogP contribution in [-0.4, -0.2) is 5.91 Å². The Morgan fingerprint density at radius 1 is 1.24 bits per heavy atom. The molecule has 1 heterocycles. The summed E-state index contributed by atoms with van der Waals surface area (Å²) < 4.78 is 0.862. The van der Waals surface area contributed by atoms with Gasteiger partial charge in [0.15, 0.2) is 0 Å². The summed E-state index contributed by atoms with van der Waals surface area (Å²) in [5.41, 5.74) is 5.56. The summed E-state index contributed by atoms with van der Waals surface area (Å²) in [7, 11) is 0. The fourth-order valence-electron chi connectivity index (χ4n) is 2.56. The standard InChI is InChI=1S/C17H17BrN2O/c1-11-3-2-4-15(16(11)18)17(21)20-8-12-5-6-13-9-19-10-14(13)7-12/h2-7,19H,8-10H2,1H3,(H,20,21). The van der Waals surface area contributed by atoms with Crippen molar-refractivity contribution in [2.75, 3.05) is 0 Å². The molecule has 0 unspecified atom stereocenters. The van der Waals surface area contributed by atoms with E-state index in [1.165, 1.54) is 11.1 Å².